The molecule has 0 aliphatic carbocycles. The zero-order chi connectivity index (χ0) is 15.6. The highest BCUT2D eigenvalue weighted by molar-refractivity contribution is 6.04. The number of aliphatic imine (C=N–C) groups is 1. The average Bonchev–Trinajstić information content (AvgIpc) is 2.55. The summed E-state index contributed by atoms with van der Waals surface area (Å²) in [6, 6.07) is 3.24. The van der Waals surface area contributed by atoms with E-state index in [2.05, 4.69) is 4.99 Å². The van der Waals surface area contributed by atoms with Crippen molar-refractivity contribution in [2.75, 3.05) is 18.6 Å². The van der Waals surface area contributed by atoms with Gasteiger partial charge in [-0.25, -0.2) is 10.0 Å². The van der Waals surface area contributed by atoms with Crippen molar-refractivity contribution in [3.63, 3.8) is 0 Å². The fourth-order valence-electron chi connectivity index (χ4n) is 2.22. The van der Waals surface area contributed by atoms with E-state index in [1.54, 1.807) is 12.1 Å². The third-order valence-electron chi connectivity index (χ3n) is 3.15. The molecule has 0 saturated carbocycles. The fraction of sp³-hybridized carbons (Fsp3) is 0.429. The Morgan fingerprint density at radius 2 is 2.10 bits per heavy atom. The van der Waals surface area contributed by atoms with Crippen LogP contribution in [0.15, 0.2) is 23.2 Å². The van der Waals surface area contributed by atoms with Gasteiger partial charge in [-0.1, -0.05) is 6.92 Å². The van der Waals surface area contributed by atoms with Crippen LogP contribution in [0.3, 0.4) is 0 Å². The molecule has 0 radical (unpaired) electrons. The van der Waals surface area contributed by atoms with Gasteiger partial charge in [-0.15, -0.1) is 0 Å². The number of anilines is 1. The van der Waals surface area contributed by atoms with Crippen LogP contribution in [0.2, 0.25) is 0 Å². The number of hydrazine groups is 1. The van der Waals surface area contributed by atoms with Crippen molar-refractivity contribution < 1.29 is 18.0 Å². The van der Waals surface area contributed by atoms with Crippen molar-refractivity contribution in [2.45, 2.75) is 25.9 Å². The van der Waals surface area contributed by atoms with Gasteiger partial charge in [0.25, 0.3) is 0 Å². The number of amides is 1. The molecule has 21 heavy (non-hydrogen) atoms. The zero-order valence-corrected chi connectivity index (χ0v) is 11.8. The Morgan fingerprint density at radius 1 is 1.38 bits per heavy atom. The molecule has 2 rings (SSSR count). The normalized spacial score (nSPS) is 15.3. The van der Waals surface area contributed by atoms with Gasteiger partial charge in [0.2, 0.25) is 5.91 Å². The fourth-order valence-corrected chi connectivity index (χ4v) is 2.22. The highest BCUT2D eigenvalue weighted by atomic mass is 19.4. The van der Waals surface area contributed by atoms with Crippen LogP contribution < -0.4 is 5.01 Å². The Hall–Kier alpha value is -1.89. The molecule has 4 nitrogen and oxygen atoms in total. The lowest BCUT2D eigenvalue weighted by Crippen LogP contribution is -2.44. The summed E-state index contributed by atoms with van der Waals surface area (Å²) in [5.41, 5.74) is -0.266. The average molecular weight is 299 g/mol. The Labute approximate surface area is 120 Å². The minimum atomic E-state index is -4.46. The van der Waals surface area contributed by atoms with E-state index in [1.807, 2.05) is 6.92 Å². The van der Waals surface area contributed by atoms with E-state index in [-0.39, 0.29) is 18.0 Å². The van der Waals surface area contributed by atoms with Crippen molar-refractivity contribution in [3.8, 4) is 0 Å². The third kappa shape index (κ3) is 3.24. The second-order valence-corrected chi connectivity index (χ2v) is 4.80. The number of rotatable bonds is 3. The molecule has 1 aliphatic rings. The minimum absolute atomic E-state index is 0.0596. The van der Waals surface area contributed by atoms with E-state index in [1.165, 1.54) is 17.3 Å². The number of fused-ring (bicyclic) bond motifs is 1. The molecular formula is C14H16F3N3O. The maximum Gasteiger partial charge on any atom is 0.416 e. The smallest absolute Gasteiger partial charge is 0.273 e. The second kappa shape index (κ2) is 5.85. The molecule has 0 bridgehead atoms. The Morgan fingerprint density at radius 3 is 2.71 bits per heavy atom. The van der Waals surface area contributed by atoms with Gasteiger partial charge in [-0.05, 0) is 24.6 Å². The molecule has 0 N–H and O–H groups in total. The van der Waals surface area contributed by atoms with Gasteiger partial charge in [0.15, 0.2) is 0 Å². The first-order valence-corrected chi connectivity index (χ1v) is 6.62. The van der Waals surface area contributed by atoms with E-state index in [4.69, 9.17) is 0 Å². The summed E-state index contributed by atoms with van der Waals surface area (Å²) in [6.45, 7) is 2.49. The Balaban J connectivity index is 2.52. The molecule has 1 heterocycles. The van der Waals surface area contributed by atoms with Gasteiger partial charge in [0.1, 0.15) is 0 Å². The quantitative estimate of drug-likeness (QED) is 0.857. The van der Waals surface area contributed by atoms with Gasteiger partial charge >= 0.3 is 6.18 Å². The summed E-state index contributed by atoms with van der Waals surface area (Å²) in [7, 11) is 1.68. The van der Waals surface area contributed by atoms with Crippen LogP contribution in [0, 0.1) is 0 Å². The monoisotopic (exact) mass is 299 g/mol. The number of hydrogen-bond donors (Lipinski definition) is 0. The Bertz CT molecular complexity index is 569. The van der Waals surface area contributed by atoms with E-state index < -0.39 is 11.7 Å². The molecule has 1 aromatic carbocycles. The second-order valence-electron chi connectivity index (χ2n) is 4.80. The third-order valence-corrected chi connectivity index (χ3v) is 3.15. The molecule has 0 aromatic heterocycles. The van der Waals surface area contributed by atoms with E-state index in [9.17, 15) is 18.0 Å². The maximum absolute atomic E-state index is 12.9. The van der Waals surface area contributed by atoms with Gasteiger partial charge in [-0.2, -0.15) is 13.2 Å². The molecule has 114 valence electrons. The number of hydrogen-bond acceptors (Lipinski definition) is 3. The van der Waals surface area contributed by atoms with Crippen LogP contribution in [0.25, 0.3) is 0 Å². The predicted molar refractivity (Wildman–Crippen MR) is 74.6 cm³/mol. The van der Waals surface area contributed by atoms with Gasteiger partial charge in [0.05, 0.1) is 23.4 Å². The van der Waals surface area contributed by atoms with Crippen LogP contribution >= 0.6 is 0 Å². The SMILES string of the molecule is CCCN(C)N1C(=O)CC=Nc2ccc(C(F)(F)F)cc21. The predicted octanol–water partition coefficient (Wildman–Crippen LogP) is 3.40. The molecule has 1 aliphatic heterocycles. The van der Waals surface area contributed by atoms with Gasteiger partial charge in [-0.3, -0.25) is 9.79 Å². The topological polar surface area (TPSA) is 35.9 Å². The standard InChI is InChI=1S/C14H16F3N3O/c1-3-8-19(2)20-12-9-10(14(15,16)17)4-5-11(12)18-7-6-13(20)21/h4-5,7,9H,3,6,8H2,1-2H3. The summed E-state index contributed by atoms with van der Waals surface area (Å²) >= 11 is 0. The number of carbonyl (C=O) groups is 1. The number of halogens is 3. The van der Waals surface area contributed by atoms with Crippen LogP contribution in [0.1, 0.15) is 25.3 Å². The summed E-state index contributed by atoms with van der Waals surface area (Å²) in [6.07, 6.45) is -2.20. The summed E-state index contributed by atoms with van der Waals surface area (Å²) < 4.78 is 38.6. The number of nitrogens with zero attached hydrogens (tertiary/aromatic N) is 3. The summed E-state index contributed by atoms with van der Waals surface area (Å²) in [4.78, 5) is 16.2. The van der Waals surface area contributed by atoms with Crippen molar-refractivity contribution in [3.05, 3.63) is 23.8 Å². The lowest BCUT2D eigenvalue weighted by Gasteiger charge is -2.31. The maximum atomic E-state index is 12.9. The molecule has 1 amide bonds. The lowest BCUT2D eigenvalue weighted by atomic mass is 10.1. The number of carbonyl (C=O) groups excluding carboxylic acids is 1. The first-order valence-electron chi connectivity index (χ1n) is 6.62. The van der Waals surface area contributed by atoms with Crippen molar-refractivity contribution in [1.82, 2.24) is 5.01 Å². The summed E-state index contributed by atoms with van der Waals surface area (Å²) in [5.74, 6) is -0.298. The lowest BCUT2D eigenvalue weighted by molar-refractivity contribution is -0.137. The van der Waals surface area contributed by atoms with Crippen molar-refractivity contribution in [2.24, 2.45) is 4.99 Å². The largest absolute Gasteiger partial charge is 0.416 e. The van der Waals surface area contributed by atoms with E-state index in [0.717, 1.165) is 18.6 Å². The van der Waals surface area contributed by atoms with Crippen LogP contribution in [0.4, 0.5) is 24.5 Å². The van der Waals surface area contributed by atoms with E-state index >= 15 is 0 Å². The number of benzene rings is 1. The highest BCUT2D eigenvalue weighted by Crippen LogP contribution is 2.38. The molecular weight excluding hydrogens is 283 g/mol. The first kappa shape index (κ1) is 15.5. The van der Waals surface area contributed by atoms with Crippen LogP contribution in [0.5, 0.6) is 0 Å². The van der Waals surface area contributed by atoms with Gasteiger partial charge < -0.3 is 0 Å². The van der Waals surface area contributed by atoms with Crippen molar-refractivity contribution in [1.29, 1.82) is 0 Å². The Kier molecular flexibility index (Phi) is 4.32. The zero-order valence-electron chi connectivity index (χ0n) is 11.8. The molecule has 0 fully saturated rings. The van der Waals surface area contributed by atoms with Crippen LogP contribution in [-0.2, 0) is 11.0 Å². The molecule has 1 aromatic rings. The molecule has 0 spiro atoms. The first-order chi connectivity index (χ1) is 9.84. The molecule has 0 saturated heterocycles. The highest BCUT2D eigenvalue weighted by Gasteiger charge is 2.33. The summed E-state index contributed by atoms with van der Waals surface area (Å²) in [5, 5.41) is 2.90. The number of alkyl halides is 3. The van der Waals surface area contributed by atoms with E-state index in [0.29, 0.717) is 12.2 Å². The van der Waals surface area contributed by atoms with Gasteiger partial charge in [0, 0.05) is 19.8 Å². The minimum Gasteiger partial charge on any atom is -0.273 e. The molecule has 0 unspecified atom stereocenters. The van der Waals surface area contributed by atoms with Crippen molar-refractivity contribution >= 4 is 23.5 Å². The van der Waals surface area contributed by atoms with Crippen LogP contribution in [-0.4, -0.2) is 30.7 Å². The molecule has 7 heteroatoms. The molecule has 0 atom stereocenters.